The molecule has 2 heterocycles. The zero-order chi connectivity index (χ0) is 12.4. The van der Waals surface area contributed by atoms with Gasteiger partial charge in [0, 0.05) is 24.9 Å². The summed E-state index contributed by atoms with van der Waals surface area (Å²) in [5.41, 5.74) is 6.97. The molecule has 0 amide bonds. The molecule has 98 valence electrons. The number of ether oxygens (including phenoxy) is 1. The maximum atomic E-state index is 5.86. The summed E-state index contributed by atoms with van der Waals surface area (Å²) in [6, 6.07) is 8.52. The molecular formula is C15H22N2O. The number of hydrogen-bond donors (Lipinski definition) is 1. The lowest BCUT2D eigenvalue weighted by molar-refractivity contribution is 0.212. The summed E-state index contributed by atoms with van der Waals surface area (Å²) in [4.78, 5) is 2.58. The molecule has 0 bridgehead atoms. The van der Waals surface area contributed by atoms with Crippen molar-refractivity contribution in [1.29, 1.82) is 0 Å². The minimum absolute atomic E-state index is 0.674. The predicted molar refractivity (Wildman–Crippen MR) is 72.9 cm³/mol. The van der Waals surface area contributed by atoms with Crippen molar-refractivity contribution in [2.24, 2.45) is 11.7 Å². The third kappa shape index (κ3) is 2.25. The molecule has 0 radical (unpaired) electrons. The molecule has 0 saturated carbocycles. The number of unbranched alkanes of at least 4 members (excludes halogenated alkanes) is 1. The van der Waals surface area contributed by atoms with Crippen molar-refractivity contribution in [2.45, 2.75) is 18.8 Å². The number of nitrogens with two attached hydrogens (primary N) is 1. The Hall–Kier alpha value is -1.06. The van der Waals surface area contributed by atoms with Gasteiger partial charge in [-0.2, -0.15) is 0 Å². The van der Waals surface area contributed by atoms with Gasteiger partial charge in [-0.15, -0.1) is 0 Å². The van der Waals surface area contributed by atoms with Gasteiger partial charge in [-0.1, -0.05) is 18.2 Å². The molecule has 18 heavy (non-hydrogen) atoms. The molecule has 1 fully saturated rings. The van der Waals surface area contributed by atoms with E-state index >= 15 is 0 Å². The first-order valence-corrected chi connectivity index (χ1v) is 7.02. The molecule has 3 rings (SSSR count). The topological polar surface area (TPSA) is 38.5 Å². The second-order valence-corrected chi connectivity index (χ2v) is 5.47. The van der Waals surface area contributed by atoms with Crippen molar-refractivity contribution in [3.05, 3.63) is 29.8 Å². The minimum Gasteiger partial charge on any atom is -0.493 e. The van der Waals surface area contributed by atoms with E-state index < -0.39 is 0 Å². The highest BCUT2D eigenvalue weighted by molar-refractivity contribution is 5.39. The van der Waals surface area contributed by atoms with Crippen molar-refractivity contribution in [3.63, 3.8) is 0 Å². The van der Waals surface area contributed by atoms with Crippen molar-refractivity contribution in [1.82, 2.24) is 4.90 Å². The number of nitrogens with zero attached hydrogens (tertiary/aromatic N) is 1. The van der Waals surface area contributed by atoms with Crippen molar-refractivity contribution in [3.8, 4) is 5.75 Å². The quantitative estimate of drug-likeness (QED) is 0.824. The summed E-state index contributed by atoms with van der Waals surface area (Å²) in [5.74, 6) is 2.45. The Morgan fingerprint density at radius 3 is 3.00 bits per heavy atom. The molecule has 2 atom stereocenters. The van der Waals surface area contributed by atoms with Crippen molar-refractivity contribution >= 4 is 0 Å². The summed E-state index contributed by atoms with van der Waals surface area (Å²) < 4.78 is 5.86. The molecular weight excluding hydrogens is 224 g/mol. The van der Waals surface area contributed by atoms with E-state index in [0.29, 0.717) is 11.8 Å². The van der Waals surface area contributed by atoms with Gasteiger partial charge in [0.15, 0.2) is 0 Å². The van der Waals surface area contributed by atoms with Crippen LogP contribution in [0.2, 0.25) is 0 Å². The predicted octanol–water partition coefficient (Wildman–Crippen LogP) is 1.83. The highest BCUT2D eigenvalue weighted by Crippen LogP contribution is 2.41. The van der Waals surface area contributed by atoms with Gasteiger partial charge in [-0.05, 0) is 37.6 Å². The van der Waals surface area contributed by atoms with Gasteiger partial charge in [0.2, 0.25) is 0 Å². The first-order chi connectivity index (χ1) is 8.88. The third-order valence-corrected chi connectivity index (χ3v) is 4.22. The lowest BCUT2D eigenvalue weighted by Gasteiger charge is -2.27. The fourth-order valence-electron chi connectivity index (χ4n) is 3.26. The standard InChI is InChI=1S/C15H22N2O/c16-7-3-4-8-17-9-12-11-18-15-6-2-1-5-13(15)14(12)10-17/h1-2,5-6,12,14H,3-4,7-11,16H2/t12-,14-/m0/s1. The Balaban J connectivity index is 1.67. The maximum Gasteiger partial charge on any atom is 0.122 e. The smallest absolute Gasteiger partial charge is 0.122 e. The Kier molecular flexibility index (Phi) is 3.52. The Morgan fingerprint density at radius 1 is 1.22 bits per heavy atom. The van der Waals surface area contributed by atoms with Gasteiger partial charge in [-0.3, -0.25) is 0 Å². The van der Waals surface area contributed by atoms with E-state index in [1.165, 1.54) is 31.6 Å². The van der Waals surface area contributed by atoms with Crippen LogP contribution in [-0.2, 0) is 0 Å². The van der Waals surface area contributed by atoms with Gasteiger partial charge in [0.05, 0.1) is 6.61 Å². The summed E-state index contributed by atoms with van der Waals surface area (Å²) >= 11 is 0. The van der Waals surface area contributed by atoms with Crippen LogP contribution in [0.1, 0.15) is 24.3 Å². The van der Waals surface area contributed by atoms with E-state index in [9.17, 15) is 0 Å². The average Bonchev–Trinajstić information content (AvgIpc) is 2.82. The minimum atomic E-state index is 0.674. The van der Waals surface area contributed by atoms with Crippen LogP contribution in [0.4, 0.5) is 0 Å². The van der Waals surface area contributed by atoms with Crippen LogP contribution in [-0.4, -0.2) is 37.7 Å². The first-order valence-electron chi connectivity index (χ1n) is 7.02. The Bertz CT molecular complexity index is 407. The number of benzene rings is 1. The van der Waals surface area contributed by atoms with Crippen molar-refractivity contribution in [2.75, 3.05) is 32.8 Å². The molecule has 0 spiro atoms. The maximum absolute atomic E-state index is 5.86. The zero-order valence-electron chi connectivity index (χ0n) is 10.8. The molecule has 2 N–H and O–H groups in total. The molecule has 1 saturated heterocycles. The van der Waals surface area contributed by atoms with Crippen LogP contribution in [0.25, 0.3) is 0 Å². The summed E-state index contributed by atoms with van der Waals surface area (Å²) in [5, 5.41) is 0. The molecule has 0 aliphatic carbocycles. The van der Waals surface area contributed by atoms with E-state index in [4.69, 9.17) is 10.5 Å². The lowest BCUT2D eigenvalue weighted by Crippen LogP contribution is -2.25. The summed E-state index contributed by atoms with van der Waals surface area (Å²) in [6.07, 6.45) is 2.36. The number of rotatable bonds is 4. The third-order valence-electron chi connectivity index (χ3n) is 4.22. The second-order valence-electron chi connectivity index (χ2n) is 5.47. The number of hydrogen-bond acceptors (Lipinski definition) is 3. The van der Waals surface area contributed by atoms with E-state index in [1.54, 1.807) is 0 Å². The number of likely N-dealkylation sites (tertiary alicyclic amines) is 1. The first kappa shape index (κ1) is 12.0. The molecule has 1 aromatic rings. The molecule has 0 unspecified atom stereocenters. The van der Waals surface area contributed by atoms with E-state index in [-0.39, 0.29) is 0 Å². The SMILES string of the molecule is NCCCCN1C[C@H]2COc3ccccc3[C@H]2C1. The number of fused-ring (bicyclic) bond motifs is 3. The fraction of sp³-hybridized carbons (Fsp3) is 0.600. The van der Waals surface area contributed by atoms with Crippen LogP contribution in [0.5, 0.6) is 5.75 Å². The van der Waals surface area contributed by atoms with E-state index in [2.05, 4.69) is 29.2 Å². The Labute approximate surface area is 109 Å². The lowest BCUT2D eigenvalue weighted by atomic mass is 9.87. The van der Waals surface area contributed by atoms with E-state index in [1.807, 2.05) is 0 Å². The normalized spacial score (nSPS) is 26.5. The molecule has 2 aliphatic rings. The molecule has 0 aromatic heterocycles. The van der Waals surface area contributed by atoms with E-state index in [0.717, 1.165) is 25.3 Å². The van der Waals surface area contributed by atoms with Crippen LogP contribution < -0.4 is 10.5 Å². The van der Waals surface area contributed by atoms with Gasteiger partial charge < -0.3 is 15.4 Å². The van der Waals surface area contributed by atoms with Gasteiger partial charge in [-0.25, -0.2) is 0 Å². The van der Waals surface area contributed by atoms with Crippen LogP contribution in [0, 0.1) is 5.92 Å². The average molecular weight is 246 g/mol. The fourth-order valence-corrected chi connectivity index (χ4v) is 3.26. The molecule has 3 heteroatoms. The summed E-state index contributed by atoms with van der Waals surface area (Å²) in [7, 11) is 0. The second kappa shape index (κ2) is 5.29. The number of para-hydroxylation sites is 1. The van der Waals surface area contributed by atoms with Crippen molar-refractivity contribution < 1.29 is 4.74 Å². The van der Waals surface area contributed by atoms with Crippen LogP contribution in [0.3, 0.4) is 0 Å². The van der Waals surface area contributed by atoms with Crippen LogP contribution in [0.15, 0.2) is 24.3 Å². The summed E-state index contributed by atoms with van der Waals surface area (Å²) in [6.45, 7) is 5.26. The van der Waals surface area contributed by atoms with Crippen LogP contribution >= 0.6 is 0 Å². The van der Waals surface area contributed by atoms with Gasteiger partial charge >= 0.3 is 0 Å². The zero-order valence-corrected chi connectivity index (χ0v) is 10.8. The molecule has 1 aromatic carbocycles. The highest BCUT2D eigenvalue weighted by Gasteiger charge is 2.38. The van der Waals surface area contributed by atoms with Gasteiger partial charge in [0.1, 0.15) is 5.75 Å². The highest BCUT2D eigenvalue weighted by atomic mass is 16.5. The molecule has 3 nitrogen and oxygen atoms in total. The largest absolute Gasteiger partial charge is 0.493 e. The van der Waals surface area contributed by atoms with Gasteiger partial charge in [0.25, 0.3) is 0 Å². The Morgan fingerprint density at radius 2 is 2.11 bits per heavy atom. The monoisotopic (exact) mass is 246 g/mol. The molecule has 2 aliphatic heterocycles.